The molecule has 0 aliphatic rings. The van der Waals surface area contributed by atoms with E-state index in [1.54, 1.807) is 30.3 Å². The third kappa shape index (κ3) is 3.20. The summed E-state index contributed by atoms with van der Waals surface area (Å²) in [7, 11) is 1.31. The number of aryl methyl sites for hydroxylation is 1. The van der Waals surface area contributed by atoms with E-state index in [9.17, 15) is 14.7 Å². The summed E-state index contributed by atoms with van der Waals surface area (Å²) in [5, 5.41) is 12.2. The number of para-hydroxylation sites is 1. The molecule has 21 heavy (non-hydrogen) atoms. The van der Waals surface area contributed by atoms with Gasteiger partial charge in [-0.2, -0.15) is 0 Å². The first-order chi connectivity index (χ1) is 10.0. The minimum absolute atomic E-state index is 0.133. The number of anilines is 2. The summed E-state index contributed by atoms with van der Waals surface area (Å²) in [6, 6.07) is 11.8. The molecule has 0 aliphatic heterocycles. The largest absolute Gasteiger partial charge is 0.478 e. The number of methoxy groups -OCH3 is 1. The molecule has 0 radical (unpaired) electrons. The molecule has 2 aromatic carbocycles. The highest BCUT2D eigenvalue weighted by molar-refractivity contribution is 5.99. The first-order valence-corrected chi connectivity index (χ1v) is 6.31. The predicted octanol–water partition coefficient (Wildman–Crippen LogP) is 3.22. The molecular formula is C16H15NO4. The van der Waals surface area contributed by atoms with Gasteiger partial charge in [-0.05, 0) is 31.2 Å². The van der Waals surface area contributed by atoms with Crippen LogP contribution in [0.1, 0.15) is 26.3 Å². The first-order valence-electron chi connectivity index (χ1n) is 6.31. The van der Waals surface area contributed by atoms with Gasteiger partial charge in [0.25, 0.3) is 0 Å². The second kappa shape index (κ2) is 6.09. The highest BCUT2D eigenvalue weighted by Crippen LogP contribution is 2.25. The van der Waals surface area contributed by atoms with Crippen molar-refractivity contribution in [1.82, 2.24) is 0 Å². The summed E-state index contributed by atoms with van der Waals surface area (Å²) in [4.78, 5) is 23.0. The van der Waals surface area contributed by atoms with Crippen LogP contribution in [-0.2, 0) is 4.74 Å². The minimum Gasteiger partial charge on any atom is -0.478 e. The number of hydrogen-bond donors (Lipinski definition) is 2. The fraction of sp³-hybridized carbons (Fsp3) is 0.125. The number of carbonyl (C=O) groups excluding carboxylic acids is 1. The monoisotopic (exact) mass is 285 g/mol. The van der Waals surface area contributed by atoms with E-state index in [-0.39, 0.29) is 5.56 Å². The van der Waals surface area contributed by atoms with Crippen molar-refractivity contribution < 1.29 is 19.4 Å². The zero-order valence-corrected chi connectivity index (χ0v) is 11.7. The quantitative estimate of drug-likeness (QED) is 0.843. The van der Waals surface area contributed by atoms with Crippen LogP contribution in [0.25, 0.3) is 0 Å². The number of ether oxygens (including phenoxy) is 1. The fourth-order valence-corrected chi connectivity index (χ4v) is 1.97. The van der Waals surface area contributed by atoms with E-state index in [2.05, 4.69) is 5.32 Å². The van der Waals surface area contributed by atoms with Gasteiger partial charge in [0.15, 0.2) is 0 Å². The number of carboxylic acid groups (broad SMARTS) is 1. The normalized spacial score (nSPS) is 10.0. The zero-order valence-electron chi connectivity index (χ0n) is 11.7. The Morgan fingerprint density at radius 3 is 2.38 bits per heavy atom. The first kappa shape index (κ1) is 14.6. The summed E-state index contributed by atoms with van der Waals surface area (Å²) >= 11 is 0. The third-order valence-electron chi connectivity index (χ3n) is 3.01. The van der Waals surface area contributed by atoms with Crippen LogP contribution in [0.5, 0.6) is 0 Å². The van der Waals surface area contributed by atoms with E-state index in [1.165, 1.54) is 13.2 Å². The summed E-state index contributed by atoms with van der Waals surface area (Å²) in [6.07, 6.45) is 0. The Hall–Kier alpha value is -2.82. The van der Waals surface area contributed by atoms with Crippen LogP contribution in [0.15, 0.2) is 42.5 Å². The van der Waals surface area contributed by atoms with Gasteiger partial charge >= 0.3 is 11.9 Å². The maximum atomic E-state index is 11.8. The topological polar surface area (TPSA) is 75.6 Å². The summed E-state index contributed by atoms with van der Waals surface area (Å²) < 4.78 is 4.75. The van der Waals surface area contributed by atoms with E-state index < -0.39 is 11.9 Å². The number of esters is 1. The Bertz CT molecular complexity index is 694. The highest BCUT2D eigenvalue weighted by Gasteiger charge is 2.15. The molecule has 0 saturated heterocycles. The van der Waals surface area contributed by atoms with Crippen LogP contribution >= 0.6 is 0 Å². The molecule has 2 rings (SSSR count). The number of carboxylic acids is 1. The van der Waals surface area contributed by atoms with Gasteiger partial charge in [0, 0.05) is 0 Å². The molecule has 2 aromatic rings. The molecule has 0 amide bonds. The molecule has 0 spiro atoms. The molecule has 5 nitrogen and oxygen atoms in total. The van der Waals surface area contributed by atoms with E-state index in [0.29, 0.717) is 16.9 Å². The average molecular weight is 285 g/mol. The van der Waals surface area contributed by atoms with Crippen molar-refractivity contribution >= 4 is 23.3 Å². The van der Waals surface area contributed by atoms with Gasteiger partial charge in [-0.1, -0.05) is 23.8 Å². The Morgan fingerprint density at radius 2 is 1.71 bits per heavy atom. The predicted molar refractivity (Wildman–Crippen MR) is 79.2 cm³/mol. The van der Waals surface area contributed by atoms with Crippen molar-refractivity contribution in [3.05, 3.63) is 59.2 Å². The minimum atomic E-state index is -1.04. The van der Waals surface area contributed by atoms with Gasteiger partial charge in [0.05, 0.1) is 29.6 Å². The standard InChI is InChI=1S/C16H15NO4/c1-10-7-8-14(12(9-10)16(20)21-2)17-13-6-4-3-5-11(13)15(18)19/h3-9,17H,1-2H3,(H,18,19). The molecule has 2 N–H and O–H groups in total. The van der Waals surface area contributed by atoms with E-state index in [4.69, 9.17) is 4.74 Å². The van der Waals surface area contributed by atoms with Crippen molar-refractivity contribution in [3.63, 3.8) is 0 Å². The Kier molecular flexibility index (Phi) is 4.23. The van der Waals surface area contributed by atoms with Crippen molar-refractivity contribution in [1.29, 1.82) is 0 Å². The smallest absolute Gasteiger partial charge is 0.339 e. The number of hydrogen-bond acceptors (Lipinski definition) is 4. The molecule has 0 heterocycles. The summed E-state index contributed by atoms with van der Waals surface area (Å²) in [5.74, 6) is -1.51. The highest BCUT2D eigenvalue weighted by atomic mass is 16.5. The van der Waals surface area contributed by atoms with Crippen LogP contribution in [0.4, 0.5) is 11.4 Å². The molecule has 0 atom stereocenters. The van der Waals surface area contributed by atoms with Crippen molar-refractivity contribution in [2.45, 2.75) is 6.92 Å². The number of carbonyl (C=O) groups is 2. The van der Waals surface area contributed by atoms with Crippen LogP contribution < -0.4 is 5.32 Å². The Morgan fingerprint density at radius 1 is 1.05 bits per heavy atom. The summed E-state index contributed by atoms with van der Waals surface area (Å²) in [5.41, 5.74) is 2.32. The van der Waals surface area contributed by atoms with E-state index in [1.807, 2.05) is 13.0 Å². The maximum Gasteiger partial charge on any atom is 0.339 e. The van der Waals surface area contributed by atoms with Crippen LogP contribution in [-0.4, -0.2) is 24.2 Å². The molecule has 0 unspecified atom stereocenters. The zero-order chi connectivity index (χ0) is 15.4. The van der Waals surface area contributed by atoms with Crippen molar-refractivity contribution in [3.8, 4) is 0 Å². The number of rotatable bonds is 4. The lowest BCUT2D eigenvalue weighted by Gasteiger charge is -2.13. The molecule has 108 valence electrons. The average Bonchev–Trinajstić information content (AvgIpc) is 2.48. The third-order valence-corrected chi connectivity index (χ3v) is 3.01. The number of nitrogens with one attached hydrogen (secondary N) is 1. The van der Waals surface area contributed by atoms with Crippen LogP contribution in [0, 0.1) is 6.92 Å². The molecule has 5 heteroatoms. The molecule has 0 saturated carbocycles. The summed E-state index contributed by atoms with van der Waals surface area (Å²) in [6.45, 7) is 1.86. The fourth-order valence-electron chi connectivity index (χ4n) is 1.97. The van der Waals surface area contributed by atoms with E-state index >= 15 is 0 Å². The van der Waals surface area contributed by atoms with Gasteiger partial charge in [-0.25, -0.2) is 9.59 Å². The lowest BCUT2D eigenvalue weighted by Crippen LogP contribution is -2.08. The van der Waals surface area contributed by atoms with Crippen LogP contribution in [0.2, 0.25) is 0 Å². The Balaban J connectivity index is 2.45. The molecule has 0 aromatic heterocycles. The molecule has 0 aliphatic carbocycles. The molecule has 0 bridgehead atoms. The second-order valence-electron chi connectivity index (χ2n) is 4.52. The lowest BCUT2D eigenvalue weighted by molar-refractivity contribution is 0.0601. The van der Waals surface area contributed by atoms with Crippen LogP contribution in [0.3, 0.4) is 0 Å². The number of aromatic carboxylic acids is 1. The van der Waals surface area contributed by atoms with Gasteiger partial charge < -0.3 is 15.2 Å². The second-order valence-corrected chi connectivity index (χ2v) is 4.52. The molecular weight excluding hydrogens is 270 g/mol. The SMILES string of the molecule is COC(=O)c1cc(C)ccc1Nc1ccccc1C(=O)O. The maximum absolute atomic E-state index is 11.8. The van der Waals surface area contributed by atoms with Gasteiger partial charge in [-0.3, -0.25) is 0 Å². The van der Waals surface area contributed by atoms with Gasteiger partial charge in [0.2, 0.25) is 0 Å². The van der Waals surface area contributed by atoms with Crippen molar-refractivity contribution in [2.75, 3.05) is 12.4 Å². The number of benzene rings is 2. The Labute approximate surface area is 122 Å². The lowest BCUT2D eigenvalue weighted by atomic mass is 10.1. The van der Waals surface area contributed by atoms with Gasteiger partial charge in [0.1, 0.15) is 0 Å². The molecule has 0 fully saturated rings. The van der Waals surface area contributed by atoms with E-state index in [0.717, 1.165) is 5.56 Å². The van der Waals surface area contributed by atoms with Crippen molar-refractivity contribution in [2.24, 2.45) is 0 Å². The van der Waals surface area contributed by atoms with Gasteiger partial charge in [-0.15, -0.1) is 0 Å².